The van der Waals surface area contributed by atoms with Crippen molar-refractivity contribution in [2.24, 2.45) is 40.1 Å². The number of aryl methyl sites for hydroxylation is 3. The minimum absolute atomic E-state index is 0.00315. The highest BCUT2D eigenvalue weighted by molar-refractivity contribution is 5.90. The van der Waals surface area contributed by atoms with Crippen LogP contribution in [-0.4, -0.2) is 414 Å². The molecule has 0 aromatic carbocycles. The van der Waals surface area contributed by atoms with Crippen molar-refractivity contribution < 1.29 is 138 Å². The van der Waals surface area contributed by atoms with Gasteiger partial charge in [0.1, 0.15) is 122 Å². The molecule has 6 fully saturated rings. The predicted molar refractivity (Wildman–Crippen MR) is 382 cm³/mol. The molecule has 2 aromatic heterocycles. The van der Waals surface area contributed by atoms with Gasteiger partial charge in [0.25, 0.3) is 0 Å². The number of carbonyl (C=O) groups excluding carboxylic acids is 6. The zero-order valence-electron chi connectivity index (χ0n) is 63.0. The number of rotatable bonds is 40. The number of nitrogens with zero attached hydrogens (tertiary/aromatic N) is 9. The van der Waals surface area contributed by atoms with Gasteiger partial charge in [-0.2, -0.15) is 0 Å². The molecular formula is C66H117N19O28. The molecule has 30 atom stereocenters. The number of aliphatic hydroxyl groups is 14. The van der Waals surface area contributed by atoms with Gasteiger partial charge in [-0.15, -0.1) is 10.2 Å². The van der Waals surface area contributed by atoms with Crippen LogP contribution in [0.1, 0.15) is 76.6 Å². The Labute approximate surface area is 649 Å². The molecule has 6 amide bonds. The number of amides is 6. The average Bonchev–Trinajstić information content (AvgIpc) is 1.63. The first-order chi connectivity index (χ1) is 53.7. The lowest BCUT2D eigenvalue weighted by Gasteiger charge is -2.48. The summed E-state index contributed by atoms with van der Waals surface area (Å²) in [6.45, 7) is 1.46. The number of hydrogen-bond acceptors (Lipinski definition) is 39. The van der Waals surface area contributed by atoms with Crippen molar-refractivity contribution in [3.8, 4) is 0 Å². The molecule has 31 N–H and O–H groups in total. The molecule has 2 saturated carbocycles. The van der Waals surface area contributed by atoms with E-state index in [1.807, 2.05) is 6.92 Å². The van der Waals surface area contributed by atoms with Gasteiger partial charge < -0.3 is 180 Å². The van der Waals surface area contributed by atoms with E-state index in [1.165, 1.54) is 25.6 Å². The Morgan fingerprint density at radius 1 is 0.478 bits per heavy atom. The molecule has 0 spiro atoms. The number of nitrogens with two attached hydrogens (primary N) is 7. The summed E-state index contributed by atoms with van der Waals surface area (Å²) in [7, 11) is 0. The first kappa shape index (κ1) is 92.5. The van der Waals surface area contributed by atoms with Crippen molar-refractivity contribution in [2.45, 2.75) is 275 Å². The highest BCUT2D eigenvalue weighted by Crippen LogP contribution is 2.34. The van der Waals surface area contributed by atoms with Crippen LogP contribution in [-0.2, 0) is 92.6 Å². The van der Waals surface area contributed by atoms with Gasteiger partial charge in [-0.3, -0.25) is 38.1 Å². The monoisotopic (exact) mass is 1620 g/mol. The van der Waals surface area contributed by atoms with E-state index in [2.05, 4.69) is 36.6 Å². The molecule has 4 aliphatic heterocycles. The molecule has 0 radical (unpaired) electrons. The van der Waals surface area contributed by atoms with E-state index in [4.69, 9.17) is 78.0 Å². The van der Waals surface area contributed by atoms with E-state index in [0.29, 0.717) is 50.9 Å². The first-order valence-electron chi connectivity index (χ1n) is 38.0. The fourth-order valence-corrected chi connectivity index (χ4v) is 14.2. The number of nitrogens with one attached hydrogen (secondary N) is 3. The Hall–Kier alpha value is -6.06. The quantitative estimate of drug-likeness (QED) is 0.0276. The van der Waals surface area contributed by atoms with Gasteiger partial charge in [-0.05, 0) is 57.9 Å². The smallest absolute Gasteiger partial charge is 0.242 e. The van der Waals surface area contributed by atoms with Crippen LogP contribution in [0.5, 0.6) is 0 Å². The molecule has 47 heteroatoms. The van der Waals surface area contributed by atoms with E-state index in [0.717, 1.165) is 0 Å². The second kappa shape index (κ2) is 43.4. The number of ether oxygens (including phenoxy) is 8. The summed E-state index contributed by atoms with van der Waals surface area (Å²) in [6, 6.07) is -6.54. The number of primary amides is 1. The molecule has 47 nitrogen and oxygen atoms in total. The molecule has 4 saturated heterocycles. The van der Waals surface area contributed by atoms with Gasteiger partial charge in [0.2, 0.25) is 35.4 Å². The van der Waals surface area contributed by atoms with Crippen LogP contribution in [0.2, 0.25) is 0 Å². The first-order valence-corrected chi connectivity index (χ1v) is 38.0. The third kappa shape index (κ3) is 24.5. The predicted octanol–water partition coefficient (Wildman–Crippen LogP) is -15.6. The fourth-order valence-electron chi connectivity index (χ4n) is 14.2. The third-order valence-corrected chi connectivity index (χ3v) is 20.7. The fraction of sp³-hybridized carbons (Fsp3) is 0.848. The van der Waals surface area contributed by atoms with E-state index >= 15 is 0 Å². The van der Waals surface area contributed by atoms with Crippen LogP contribution in [0.25, 0.3) is 0 Å². The summed E-state index contributed by atoms with van der Waals surface area (Å²) >= 11 is 0. The van der Waals surface area contributed by atoms with Crippen molar-refractivity contribution in [2.75, 3.05) is 78.7 Å². The standard InChI is InChI=1S/C66H117N19O28/c1-3-11-81(42(91)21-74-10-6-14-84-22-29(77-79-84)8-5-9-40(89)75-19-35-49(96)53(100)55(102)65(106-35)112-61-33(69)17-31(67)59(57(61)104)110-63-51(98)45(72)47(94)37(27-86)108-63)25-43(92)82(12-4-2)26-44(93)83(24-39(71)88)13-7-15-85-23-30(78-80-85)16-41(90)76-20-36-50(97)54(101)56(103)66(107-36)113-62-34(70)18-32(68)60(58(62)105)111-64-52(99)46(73)48(95)38(28-87)109-64/h22-23,31-38,45-66,74,86-87,94-105H,3-21,24-28,67-70,72-73H2,1-2H3,(H2,71,88)(H,75,89)(H,76,90). The Balaban J connectivity index is 0.712. The highest BCUT2D eigenvalue weighted by Gasteiger charge is 2.55. The second-order valence-electron chi connectivity index (χ2n) is 29.5. The summed E-state index contributed by atoms with van der Waals surface area (Å²) in [6.07, 6.45) is -32.5. The maximum absolute atomic E-state index is 13.9. The number of aliphatic hydroxyl groups excluding tert-OH is 14. The van der Waals surface area contributed by atoms with Crippen LogP contribution in [0.3, 0.4) is 0 Å². The molecule has 6 heterocycles. The maximum atomic E-state index is 13.9. The summed E-state index contributed by atoms with van der Waals surface area (Å²) in [5.41, 5.74) is 43.3. The molecule has 8 rings (SSSR count). The zero-order valence-corrected chi connectivity index (χ0v) is 63.0. The van der Waals surface area contributed by atoms with Crippen molar-refractivity contribution in [3.63, 3.8) is 0 Å². The summed E-state index contributed by atoms with van der Waals surface area (Å²) in [5.74, 6) is -3.36. The largest absolute Gasteiger partial charge is 0.394 e. The molecule has 30 unspecified atom stereocenters. The van der Waals surface area contributed by atoms with Crippen molar-refractivity contribution >= 4 is 35.4 Å². The van der Waals surface area contributed by atoms with Crippen LogP contribution in [0.15, 0.2) is 12.4 Å². The summed E-state index contributed by atoms with van der Waals surface area (Å²) < 4.78 is 49.0. The van der Waals surface area contributed by atoms with Gasteiger partial charge in [0.15, 0.2) is 25.2 Å². The Kier molecular flexibility index (Phi) is 35.5. The van der Waals surface area contributed by atoms with Crippen molar-refractivity contribution in [1.29, 1.82) is 0 Å². The van der Waals surface area contributed by atoms with Crippen LogP contribution >= 0.6 is 0 Å². The van der Waals surface area contributed by atoms with Crippen LogP contribution in [0.4, 0.5) is 0 Å². The molecule has 2 aliphatic carbocycles. The van der Waals surface area contributed by atoms with E-state index in [9.17, 15) is 100 Å². The molecule has 113 heavy (non-hydrogen) atoms. The van der Waals surface area contributed by atoms with Gasteiger partial charge in [0, 0.05) is 88.8 Å². The minimum Gasteiger partial charge on any atom is -0.394 e. The van der Waals surface area contributed by atoms with Gasteiger partial charge in [-0.1, -0.05) is 24.3 Å². The molecule has 0 bridgehead atoms. The molecule has 644 valence electrons. The van der Waals surface area contributed by atoms with Crippen LogP contribution in [0, 0.1) is 0 Å². The van der Waals surface area contributed by atoms with Crippen molar-refractivity contribution in [1.82, 2.24) is 60.6 Å². The number of hydrogen-bond donors (Lipinski definition) is 24. The van der Waals surface area contributed by atoms with Gasteiger partial charge in [0.05, 0.1) is 69.3 Å². The lowest BCUT2D eigenvalue weighted by Crippen LogP contribution is -2.68. The maximum Gasteiger partial charge on any atom is 0.242 e. The molecule has 6 aliphatic rings. The molecular weight excluding hydrogens is 1510 g/mol. The summed E-state index contributed by atoms with van der Waals surface area (Å²) in [4.78, 5) is 83.6. The van der Waals surface area contributed by atoms with E-state index < -0.39 is 246 Å². The topological polar surface area (TPSA) is 749 Å². The summed E-state index contributed by atoms with van der Waals surface area (Å²) in [5, 5.41) is 174. The normalized spacial score (nSPS) is 36.2. The Morgan fingerprint density at radius 3 is 1.32 bits per heavy atom. The highest BCUT2D eigenvalue weighted by atomic mass is 16.7. The minimum atomic E-state index is -1.90. The zero-order chi connectivity index (χ0) is 82.8. The second-order valence-corrected chi connectivity index (χ2v) is 29.5. The number of aromatic nitrogens is 6. The number of carbonyl (C=O) groups is 6. The van der Waals surface area contributed by atoms with E-state index in [1.54, 1.807) is 17.8 Å². The van der Waals surface area contributed by atoms with Gasteiger partial charge in [-0.25, -0.2) is 0 Å². The Morgan fingerprint density at radius 2 is 0.876 bits per heavy atom. The van der Waals surface area contributed by atoms with E-state index in [-0.39, 0.29) is 89.5 Å². The lowest BCUT2D eigenvalue weighted by atomic mass is 9.84. The van der Waals surface area contributed by atoms with Crippen molar-refractivity contribution in [3.05, 3.63) is 23.8 Å². The Bertz CT molecular complexity index is 3310. The molecule has 2 aromatic rings. The van der Waals surface area contributed by atoms with Crippen LogP contribution < -0.4 is 56.1 Å². The SMILES string of the molecule is CCCN(CC(=O)N(CCC)CC(=O)N(CCCn1cc(CC(=O)NCC2OC(OC3C(N)CC(N)C(OC4OC(CO)C(O)C(N)C4O)C3O)C(O)C(O)C2O)nn1)CC(N)=O)C(=O)CNCCCn1cc(CCCC(=O)NCC2OC(OC3C(N)CC(N)C(OC4OC(CO)C(O)C(N)C4O)C3O)C(O)C(O)C2O)nn1. The van der Waals surface area contributed by atoms with Gasteiger partial charge >= 0.3 is 0 Å². The average molecular weight is 1620 g/mol. The third-order valence-electron chi connectivity index (χ3n) is 20.7. The lowest BCUT2D eigenvalue weighted by molar-refractivity contribution is -0.332.